The van der Waals surface area contributed by atoms with Gasteiger partial charge in [0, 0.05) is 25.4 Å². The molecule has 0 aliphatic carbocycles. The lowest BCUT2D eigenvalue weighted by Crippen LogP contribution is -2.69. The molecule has 130 valence electrons. The average Bonchev–Trinajstić information content (AvgIpc) is 2.53. The van der Waals surface area contributed by atoms with E-state index in [4.69, 9.17) is 11.5 Å². The fraction of sp³-hybridized carbons (Fsp3) is 0.786. The second-order valence-corrected chi connectivity index (χ2v) is 6.77. The highest BCUT2D eigenvalue weighted by Crippen LogP contribution is 2.42. The van der Waals surface area contributed by atoms with Gasteiger partial charge >= 0.3 is 0 Å². The number of aliphatic hydroxyl groups excluding tert-OH is 1. The number of β-lactam (4-membered cyclic amide) rings is 1. The Morgan fingerprint density at radius 2 is 1.96 bits per heavy atom. The van der Waals surface area contributed by atoms with E-state index in [1.807, 2.05) is 0 Å². The fourth-order valence-corrected chi connectivity index (χ4v) is 3.59. The molecular formula is C14H24N4O4S. The molecule has 0 saturated carbocycles. The summed E-state index contributed by atoms with van der Waals surface area (Å²) in [6, 6.07) is -1.62. The van der Waals surface area contributed by atoms with E-state index in [0.29, 0.717) is 32.5 Å². The highest BCUT2D eigenvalue weighted by atomic mass is 32.1. The Morgan fingerprint density at radius 1 is 1.39 bits per heavy atom. The largest absolute Gasteiger partial charge is 0.391 e. The van der Waals surface area contributed by atoms with Crippen LogP contribution in [0.25, 0.3) is 0 Å². The van der Waals surface area contributed by atoms with E-state index in [2.05, 4.69) is 12.6 Å². The van der Waals surface area contributed by atoms with Gasteiger partial charge in [0.25, 0.3) is 0 Å². The first kappa shape index (κ1) is 18.0. The van der Waals surface area contributed by atoms with Crippen molar-refractivity contribution in [3.8, 4) is 0 Å². The lowest BCUT2D eigenvalue weighted by atomic mass is 9.70. The van der Waals surface area contributed by atoms with Gasteiger partial charge < -0.3 is 26.4 Å². The lowest BCUT2D eigenvalue weighted by Gasteiger charge is -2.54. The van der Waals surface area contributed by atoms with Gasteiger partial charge in [0.15, 0.2) is 0 Å². The molecule has 0 aromatic carbocycles. The van der Waals surface area contributed by atoms with Crippen LogP contribution >= 0.6 is 12.6 Å². The predicted molar refractivity (Wildman–Crippen MR) is 86.5 cm³/mol. The lowest BCUT2D eigenvalue weighted by molar-refractivity contribution is -0.172. The maximum Gasteiger partial charge on any atom is 0.242 e. The van der Waals surface area contributed by atoms with Crippen molar-refractivity contribution < 1.29 is 19.5 Å². The van der Waals surface area contributed by atoms with E-state index in [-0.39, 0.29) is 17.6 Å². The molecule has 3 atom stereocenters. The Kier molecular flexibility index (Phi) is 5.22. The van der Waals surface area contributed by atoms with Gasteiger partial charge in [-0.1, -0.05) is 0 Å². The molecule has 2 fully saturated rings. The quantitative estimate of drug-likeness (QED) is 0.336. The van der Waals surface area contributed by atoms with Crippen LogP contribution in [0.1, 0.15) is 19.8 Å². The maximum atomic E-state index is 12.5. The third-order valence-corrected chi connectivity index (χ3v) is 5.25. The summed E-state index contributed by atoms with van der Waals surface area (Å²) in [7, 11) is 0. The molecule has 1 spiro atoms. The van der Waals surface area contributed by atoms with Gasteiger partial charge in [0.1, 0.15) is 12.1 Å². The molecular weight excluding hydrogens is 320 g/mol. The molecule has 2 saturated heterocycles. The Morgan fingerprint density at radius 3 is 2.35 bits per heavy atom. The van der Waals surface area contributed by atoms with Crippen LogP contribution in [0.15, 0.2) is 0 Å². The summed E-state index contributed by atoms with van der Waals surface area (Å²) in [5, 5.41) is 9.41. The van der Waals surface area contributed by atoms with E-state index < -0.39 is 29.5 Å². The fourth-order valence-electron chi connectivity index (χ4n) is 3.22. The molecule has 2 heterocycles. The van der Waals surface area contributed by atoms with Crippen LogP contribution in [0.4, 0.5) is 0 Å². The number of primary amides is 1. The van der Waals surface area contributed by atoms with E-state index in [1.165, 1.54) is 11.8 Å². The molecule has 0 unspecified atom stereocenters. The van der Waals surface area contributed by atoms with Crippen molar-refractivity contribution >= 4 is 30.4 Å². The molecule has 0 radical (unpaired) electrons. The standard InChI is InChI=1S/C14H24N4O4S/c1-8(19)10(15)12(21)17-4-2-14(3-5-17)7-18(13(14)22)9(6-23)11(16)20/h8-10,19,23H,2-7,15H2,1H3,(H2,16,20)/t8-,9+,10+/m1/s1. The number of rotatable bonds is 5. The van der Waals surface area contributed by atoms with Crippen LogP contribution in [-0.2, 0) is 14.4 Å². The molecule has 2 aliphatic rings. The summed E-state index contributed by atoms with van der Waals surface area (Å²) < 4.78 is 0. The molecule has 0 aromatic heterocycles. The number of carbonyl (C=O) groups excluding carboxylic acids is 3. The molecule has 2 rings (SSSR count). The third-order valence-electron chi connectivity index (χ3n) is 4.90. The summed E-state index contributed by atoms with van der Waals surface area (Å²) in [5.41, 5.74) is 10.4. The summed E-state index contributed by atoms with van der Waals surface area (Å²) in [4.78, 5) is 39.0. The molecule has 8 nitrogen and oxygen atoms in total. The van der Waals surface area contributed by atoms with Gasteiger partial charge in [-0.3, -0.25) is 14.4 Å². The van der Waals surface area contributed by atoms with E-state index >= 15 is 0 Å². The summed E-state index contributed by atoms with van der Waals surface area (Å²) >= 11 is 4.07. The van der Waals surface area contributed by atoms with E-state index in [0.717, 1.165) is 0 Å². The second kappa shape index (κ2) is 6.66. The van der Waals surface area contributed by atoms with Gasteiger partial charge in [0.05, 0.1) is 11.5 Å². The van der Waals surface area contributed by atoms with E-state index in [1.54, 1.807) is 4.90 Å². The number of nitrogens with two attached hydrogens (primary N) is 2. The predicted octanol–water partition coefficient (Wildman–Crippen LogP) is -2.07. The SMILES string of the molecule is C[C@@H](O)[C@H](N)C(=O)N1CCC2(CC1)CN([C@@H](CS)C(N)=O)C2=O. The monoisotopic (exact) mass is 344 g/mol. The number of thiol groups is 1. The number of aliphatic hydroxyl groups is 1. The highest BCUT2D eigenvalue weighted by Gasteiger charge is 2.55. The van der Waals surface area contributed by atoms with Crippen LogP contribution in [-0.4, -0.2) is 76.2 Å². The molecule has 0 aromatic rings. The van der Waals surface area contributed by atoms with Gasteiger partial charge in [-0.05, 0) is 19.8 Å². The zero-order valence-electron chi connectivity index (χ0n) is 13.1. The van der Waals surface area contributed by atoms with Crippen LogP contribution in [0.5, 0.6) is 0 Å². The van der Waals surface area contributed by atoms with Crippen LogP contribution in [0.3, 0.4) is 0 Å². The zero-order chi connectivity index (χ0) is 17.4. The minimum Gasteiger partial charge on any atom is -0.391 e. The number of nitrogens with zero attached hydrogens (tertiary/aromatic N) is 2. The van der Waals surface area contributed by atoms with Crippen molar-refractivity contribution in [1.82, 2.24) is 9.80 Å². The van der Waals surface area contributed by atoms with Crippen molar-refractivity contribution in [3.05, 3.63) is 0 Å². The molecule has 9 heteroatoms. The first-order valence-corrected chi connectivity index (χ1v) is 8.30. The highest BCUT2D eigenvalue weighted by molar-refractivity contribution is 7.80. The van der Waals surface area contributed by atoms with Gasteiger partial charge in [-0.2, -0.15) is 12.6 Å². The molecule has 5 N–H and O–H groups in total. The first-order chi connectivity index (χ1) is 10.7. The zero-order valence-corrected chi connectivity index (χ0v) is 14.0. The third kappa shape index (κ3) is 3.17. The smallest absolute Gasteiger partial charge is 0.242 e. The Bertz CT molecular complexity index is 505. The van der Waals surface area contributed by atoms with Gasteiger partial charge in [0.2, 0.25) is 17.7 Å². The topological polar surface area (TPSA) is 130 Å². The number of piperidine rings is 1. The molecule has 0 bridgehead atoms. The van der Waals surface area contributed by atoms with Gasteiger partial charge in [-0.15, -0.1) is 0 Å². The molecule has 23 heavy (non-hydrogen) atoms. The number of carbonyl (C=O) groups is 3. The Balaban J connectivity index is 1.94. The number of hydrogen-bond donors (Lipinski definition) is 4. The Hall–Kier alpha value is -1.32. The number of likely N-dealkylation sites (tertiary alicyclic amines) is 2. The molecule has 3 amide bonds. The normalized spacial score (nSPS) is 24.1. The van der Waals surface area contributed by atoms with Crippen molar-refractivity contribution in [2.24, 2.45) is 16.9 Å². The van der Waals surface area contributed by atoms with Crippen molar-refractivity contribution in [3.63, 3.8) is 0 Å². The minimum atomic E-state index is -0.943. The van der Waals surface area contributed by atoms with E-state index in [9.17, 15) is 19.5 Å². The minimum absolute atomic E-state index is 0.0951. The first-order valence-electron chi connectivity index (χ1n) is 7.67. The van der Waals surface area contributed by atoms with Crippen LogP contribution in [0.2, 0.25) is 0 Å². The maximum absolute atomic E-state index is 12.5. The average molecular weight is 344 g/mol. The number of amides is 3. The summed E-state index contributed by atoms with van der Waals surface area (Å²) in [5.74, 6) is -0.754. The number of hydrogen-bond acceptors (Lipinski definition) is 6. The van der Waals surface area contributed by atoms with Crippen molar-refractivity contribution in [2.45, 2.75) is 38.0 Å². The van der Waals surface area contributed by atoms with Crippen LogP contribution in [0, 0.1) is 5.41 Å². The Labute approximate surface area is 140 Å². The summed E-state index contributed by atoms with van der Waals surface area (Å²) in [6.45, 7) is 2.77. The molecule has 2 aliphatic heterocycles. The van der Waals surface area contributed by atoms with Crippen molar-refractivity contribution in [1.29, 1.82) is 0 Å². The van der Waals surface area contributed by atoms with Gasteiger partial charge in [-0.25, -0.2) is 0 Å². The van der Waals surface area contributed by atoms with Crippen LogP contribution < -0.4 is 11.5 Å². The summed E-state index contributed by atoms with van der Waals surface area (Å²) in [6.07, 6.45) is 0.142. The second-order valence-electron chi connectivity index (χ2n) is 6.41. The van der Waals surface area contributed by atoms with Crippen molar-refractivity contribution in [2.75, 3.05) is 25.4 Å².